The first kappa shape index (κ1) is 14.7. The van der Waals surface area contributed by atoms with Gasteiger partial charge in [-0.05, 0) is 29.7 Å². The third-order valence-corrected chi connectivity index (χ3v) is 4.60. The monoisotopic (exact) mass is 331 g/mol. The Kier molecular flexibility index (Phi) is 3.68. The van der Waals surface area contributed by atoms with E-state index in [4.69, 9.17) is 11.6 Å². The molecule has 3 aromatic rings. The van der Waals surface area contributed by atoms with Crippen LogP contribution in [0.15, 0.2) is 60.7 Å². The van der Waals surface area contributed by atoms with Gasteiger partial charge in [-0.3, -0.25) is 0 Å². The molecule has 0 N–H and O–H groups in total. The molecule has 0 atom stereocenters. The first-order chi connectivity index (χ1) is 11.8. The fraction of sp³-hybridized carbons (Fsp3) is 0.100. The van der Waals surface area contributed by atoms with Crippen LogP contribution in [-0.4, -0.2) is 11.5 Å². The van der Waals surface area contributed by atoms with Crippen molar-refractivity contribution in [2.75, 3.05) is 11.4 Å². The number of fused-ring (bicyclic) bond motifs is 1. The SMILES string of the molecule is N#Cc1c(-c2ccccc2)cc(N2CCc3ccccc32)nc1Cl. The summed E-state index contributed by atoms with van der Waals surface area (Å²) in [6.07, 6.45) is 0.982. The van der Waals surface area contributed by atoms with Crippen molar-refractivity contribution in [1.82, 2.24) is 4.98 Å². The van der Waals surface area contributed by atoms with Crippen LogP contribution in [0, 0.1) is 11.3 Å². The van der Waals surface area contributed by atoms with Gasteiger partial charge in [-0.25, -0.2) is 4.98 Å². The Morgan fingerprint density at radius 1 is 1.04 bits per heavy atom. The van der Waals surface area contributed by atoms with Crippen molar-refractivity contribution < 1.29 is 0 Å². The van der Waals surface area contributed by atoms with Gasteiger partial charge >= 0.3 is 0 Å². The highest BCUT2D eigenvalue weighted by molar-refractivity contribution is 6.31. The van der Waals surface area contributed by atoms with Crippen molar-refractivity contribution in [2.24, 2.45) is 0 Å². The van der Waals surface area contributed by atoms with Gasteiger partial charge in [-0.1, -0.05) is 60.1 Å². The smallest absolute Gasteiger partial charge is 0.149 e. The molecule has 1 aliphatic heterocycles. The second-order valence-corrected chi connectivity index (χ2v) is 6.06. The Hall–Kier alpha value is -2.83. The molecule has 0 bridgehead atoms. The summed E-state index contributed by atoms with van der Waals surface area (Å²) in [6.45, 7) is 0.864. The summed E-state index contributed by atoms with van der Waals surface area (Å²) in [4.78, 5) is 6.64. The standard InChI is InChI=1S/C20H14ClN3/c21-20-17(13-22)16(14-6-2-1-3-7-14)12-19(23-20)24-11-10-15-8-4-5-9-18(15)24/h1-9,12H,10-11H2. The predicted octanol–water partition coefficient (Wildman–Crippen LogP) is 4.97. The lowest BCUT2D eigenvalue weighted by molar-refractivity contribution is 0.974. The Balaban J connectivity index is 1.87. The summed E-state index contributed by atoms with van der Waals surface area (Å²) in [5.41, 5.74) is 4.66. The summed E-state index contributed by atoms with van der Waals surface area (Å²) in [5.74, 6) is 0.780. The van der Waals surface area contributed by atoms with E-state index >= 15 is 0 Å². The van der Waals surface area contributed by atoms with Crippen LogP contribution in [-0.2, 0) is 6.42 Å². The highest BCUT2D eigenvalue weighted by Crippen LogP contribution is 2.37. The van der Waals surface area contributed by atoms with E-state index in [1.54, 1.807) is 0 Å². The quantitative estimate of drug-likeness (QED) is 0.622. The molecule has 2 heterocycles. The first-order valence-corrected chi connectivity index (χ1v) is 8.17. The fourth-order valence-corrected chi connectivity index (χ4v) is 3.40. The molecule has 0 spiro atoms. The van der Waals surface area contributed by atoms with Crippen molar-refractivity contribution in [3.8, 4) is 17.2 Å². The summed E-state index contributed by atoms with van der Waals surface area (Å²) < 4.78 is 0. The Morgan fingerprint density at radius 2 is 1.79 bits per heavy atom. The molecule has 0 fully saturated rings. The molecular weight excluding hydrogens is 318 g/mol. The fourth-order valence-electron chi connectivity index (χ4n) is 3.17. The zero-order valence-corrected chi connectivity index (χ0v) is 13.7. The van der Waals surface area contributed by atoms with Crippen LogP contribution in [0.4, 0.5) is 11.5 Å². The molecule has 0 saturated heterocycles. The molecule has 24 heavy (non-hydrogen) atoms. The maximum atomic E-state index is 9.49. The van der Waals surface area contributed by atoms with Crippen LogP contribution in [0.5, 0.6) is 0 Å². The van der Waals surface area contributed by atoms with Crippen molar-refractivity contribution in [3.05, 3.63) is 76.9 Å². The Labute approximate surface area is 145 Å². The Bertz CT molecular complexity index is 945. The van der Waals surface area contributed by atoms with Crippen molar-refractivity contribution in [3.63, 3.8) is 0 Å². The van der Waals surface area contributed by atoms with Gasteiger partial charge < -0.3 is 4.90 Å². The molecule has 0 amide bonds. The molecule has 0 aliphatic carbocycles. The number of aromatic nitrogens is 1. The van der Waals surface area contributed by atoms with Gasteiger partial charge in [0.1, 0.15) is 17.0 Å². The van der Waals surface area contributed by atoms with Crippen molar-refractivity contribution in [2.45, 2.75) is 6.42 Å². The van der Waals surface area contributed by atoms with E-state index in [-0.39, 0.29) is 5.15 Å². The van der Waals surface area contributed by atoms with E-state index in [2.05, 4.69) is 34.2 Å². The van der Waals surface area contributed by atoms with E-state index < -0.39 is 0 Å². The summed E-state index contributed by atoms with van der Waals surface area (Å²) in [7, 11) is 0. The lowest BCUT2D eigenvalue weighted by Crippen LogP contribution is -2.15. The van der Waals surface area contributed by atoms with Gasteiger partial charge in [0.15, 0.2) is 0 Å². The van der Waals surface area contributed by atoms with Crippen LogP contribution in [0.25, 0.3) is 11.1 Å². The van der Waals surface area contributed by atoms with E-state index in [9.17, 15) is 5.26 Å². The topological polar surface area (TPSA) is 39.9 Å². The van der Waals surface area contributed by atoms with Crippen LogP contribution >= 0.6 is 11.6 Å². The number of hydrogen-bond donors (Lipinski definition) is 0. The molecule has 2 aromatic carbocycles. The summed E-state index contributed by atoms with van der Waals surface area (Å²) in [6, 6.07) is 22.3. The molecule has 0 unspecified atom stereocenters. The molecule has 4 heteroatoms. The highest BCUT2D eigenvalue weighted by Gasteiger charge is 2.23. The minimum absolute atomic E-state index is 0.248. The normalized spacial score (nSPS) is 12.8. The minimum atomic E-state index is 0.248. The van der Waals surface area contributed by atoms with Crippen LogP contribution in [0.1, 0.15) is 11.1 Å². The highest BCUT2D eigenvalue weighted by atomic mass is 35.5. The van der Waals surface area contributed by atoms with E-state index in [0.717, 1.165) is 35.6 Å². The van der Waals surface area contributed by atoms with E-state index in [0.29, 0.717) is 5.56 Å². The van der Waals surface area contributed by atoms with Gasteiger partial charge in [0.2, 0.25) is 0 Å². The molecule has 4 rings (SSSR count). The largest absolute Gasteiger partial charge is 0.326 e. The molecule has 3 nitrogen and oxygen atoms in total. The number of halogens is 1. The predicted molar refractivity (Wildman–Crippen MR) is 96.6 cm³/mol. The van der Waals surface area contributed by atoms with E-state index in [1.165, 1.54) is 5.56 Å². The van der Waals surface area contributed by atoms with Gasteiger partial charge in [-0.15, -0.1) is 0 Å². The summed E-state index contributed by atoms with van der Waals surface area (Å²) >= 11 is 6.33. The molecule has 0 radical (unpaired) electrons. The number of nitrogens with zero attached hydrogens (tertiary/aromatic N) is 3. The van der Waals surface area contributed by atoms with E-state index in [1.807, 2.05) is 42.5 Å². The molecule has 1 aromatic heterocycles. The van der Waals surface area contributed by atoms with Gasteiger partial charge in [-0.2, -0.15) is 5.26 Å². The maximum Gasteiger partial charge on any atom is 0.149 e. The zero-order valence-electron chi connectivity index (χ0n) is 12.9. The van der Waals surface area contributed by atoms with Gasteiger partial charge in [0.05, 0.1) is 5.56 Å². The number of hydrogen-bond acceptors (Lipinski definition) is 3. The average Bonchev–Trinajstić information content (AvgIpc) is 3.06. The van der Waals surface area contributed by atoms with Crippen molar-refractivity contribution >= 4 is 23.1 Å². The number of para-hydroxylation sites is 1. The maximum absolute atomic E-state index is 9.49. The molecule has 1 aliphatic rings. The second-order valence-electron chi connectivity index (χ2n) is 5.70. The number of benzene rings is 2. The minimum Gasteiger partial charge on any atom is -0.326 e. The summed E-state index contributed by atoms with van der Waals surface area (Å²) in [5, 5.41) is 9.73. The zero-order chi connectivity index (χ0) is 16.5. The first-order valence-electron chi connectivity index (χ1n) is 7.79. The third-order valence-electron chi connectivity index (χ3n) is 4.32. The van der Waals surface area contributed by atoms with Crippen LogP contribution in [0.3, 0.4) is 0 Å². The third kappa shape index (κ3) is 2.42. The molecule has 0 saturated carbocycles. The van der Waals surface area contributed by atoms with Crippen molar-refractivity contribution in [1.29, 1.82) is 5.26 Å². The number of nitriles is 1. The number of pyridine rings is 1. The van der Waals surface area contributed by atoms with Crippen LogP contribution in [0.2, 0.25) is 5.15 Å². The average molecular weight is 332 g/mol. The lowest BCUT2D eigenvalue weighted by atomic mass is 10.0. The van der Waals surface area contributed by atoms with Gasteiger partial charge in [0.25, 0.3) is 0 Å². The second kappa shape index (κ2) is 5.99. The number of anilines is 2. The number of rotatable bonds is 2. The Morgan fingerprint density at radius 3 is 2.58 bits per heavy atom. The van der Waals surface area contributed by atoms with Crippen LogP contribution < -0.4 is 4.90 Å². The molecular formula is C20H14ClN3. The lowest BCUT2D eigenvalue weighted by Gasteiger charge is -2.20. The molecule has 116 valence electrons. The van der Waals surface area contributed by atoms with Gasteiger partial charge in [0, 0.05) is 17.8 Å².